The Morgan fingerprint density at radius 2 is 1.77 bits per heavy atom. The van der Waals surface area contributed by atoms with Gasteiger partial charge < -0.3 is 5.32 Å². The summed E-state index contributed by atoms with van der Waals surface area (Å²) in [5.74, 6) is 1.06. The standard InChI is InChI=1S/C8H16N2O2S/c1-13(11,12)10-5-7-2-8(6-10)4-9-3-7/h7-9H,2-6H2,1H3/t7-,8+. The molecule has 2 heterocycles. The van der Waals surface area contributed by atoms with Gasteiger partial charge in [-0.1, -0.05) is 0 Å². The van der Waals surface area contributed by atoms with Crippen LogP contribution < -0.4 is 5.32 Å². The van der Waals surface area contributed by atoms with Gasteiger partial charge in [-0.15, -0.1) is 0 Å². The number of nitrogens with zero attached hydrogens (tertiary/aromatic N) is 1. The predicted octanol–water partition coefficient (Wildman–Crippen LogP) is -0.513. The Labute approximate surface area is 79.4 Å². The molecule has 0 radical (unpaired) electrons. The highest BCUT2D eigenvalue weighted by atomic mass is 32.2. The van der Waals surface area contributed by atoms with E-state index >= 15 is 0 Å². The van der Waals surface area contributed by atoms with Crippen LogP contribution in [-0.4, -0.2) is 45.2 Å². The topological polar surface area (TPSA) is 49.4 Å². The van der Waals surface area contributed by atoms with E-state index in [-0.39, 0.29) is 0 Å². The summed E-state index contributed by atoms with van der Waals surface area (Å²) in [7, 11) is -2.96. The first-order valence-electron chi connectivity index (χ1n) is 4.71. The second-order valence-corrected chi connectivity index (χ2v) is 6.19. The molecule has 0 aromatic heterocycles. The van der Waals surface area contributed by atoms with Gasteiger partial charge in [0.25, 0.3) is 0 Å². The van der Waals surface area contributed by atoms with Crippen LogP contribution in [0.25, 0.3) is 0 Å². The first kappa shape index (κ1) is 9.43. The quantitative estimate of drug-likeness (QED) is 0.626. The number of rotatable bonds is 1. The molecule has 4 nitrogen and oxygen atoms in total. The zero-order valence-electron chi connectivity index (χ0n) is 7.86. The summed E-state index contributed by atoms with van der Waals surface area (Å²) in [5, 5.41) is 3.34. The minimum atomic E-state index is -2.96. The molecule has 1 N–H and O–H groups in total. The number of piperidine rings is 2. The molecule has 2 fully saturated rings. The molecule has 0 aromatic rings. The van der Waals surface area contributed by atoms with Crippen molar-refractivity contribution in [2.24, 2.45) is 11.8 Å². The van der Waals surface area contributed by atoms with Crippen LogP contribution in [0, 0.1) is 11.8 Å². The van der Waals surface area contributed by atoms with E-state index in [0.29, 0.717) is 24.9 Å². The number of nitrogens with one attached hydrogen (secondary N) is 1. The van der Waals surface area contributed by atoms with Crippen molar-refractivity contribution in [2.75, 3.05) is 32.4 Å². The van der Waals surface area contributed by atoms with Crippen molar-refractivity contribution in [3.8, 4) is 0 Å². The van der Waals surface area contributed by atoms with Gasteiger partial charge in [-0.25, -0.2) is 12.7 Å². The molecule has 5 heteroatoms. The molecule has 0 spiro atoms. The number of hydrogen-bond donors (Lipinski definition) is 1. The Balaban J connectivity index is 2.10. The molecule has 0 saturated carbocycles. The fraction of sp³-hybridized carbons (Fsp3) is 1.00. The monoisotopic (exact) mass is 204 g/mol. The van der Waals surface area contributed by atoms with Gasteiger partial charge in [-0.3, -0.25) is 0 Å². The van der Waals surface area contributed by atoms with Gasteiger partial charge in [0.2, 0.25) is 10.0 Å². The molecule has 13 heavy (non-hydrogen) atoms. The van der Waals surface area contributed by atoms with Gasteiger partial charge in [0.15, 0.2) is 0 Å². The van der Waals surface area contributed by atoms with Crippen molar-refractivity contribution in [2.45, 2.75) is 6.42 Å². The summed E-state index contributed by atoms with van der Waals surface area (Å²) in [5.41, 5.74) is 0. The summed E-state index contributed by atoms with van der Waals surface area (Å²) in [6, 6.07) is 0. The normalized spacial score (nSPS) is 36.1. The third kappa shape index (κ3) is 2.03. The second kappa shape index (κ2) is 3.22. The molecule has 2 aliphatic heterocycles. The van der Waals surface area contributed by atoms with Gasteiger partial charge in [0.05, 0.1) is 6.26 Å². The first-order chi connectivity index (χ1) is 6.05. The van der Waals surface area contributed by atoms with E-state index in [9.17, 15) is 8.42 Å². The average molecular weight is 204 g/mol. The van der Waals surface area contributed by atoms with Crippen LogP contribution in [0.15, 0.2) is 0 Å². The van der Waals surface area contributed by atoms with Crippen molar-refractivity contribution in [1.29, 1.82) is 0 Å². The van der Waals surface area contributed by atoms with Crippen LogP contribution in [0.1, 0.15) is 6.42 Å². The number of fused-ring (bicyclic) bond motifs is 2. The molecular formula is C8H16N2O2S. The number of hydrogen-bond acceptors (Lipinski definition) is 3. The third-order valence-electron chi connectivity index (χ3n) is 2.93. The van der Waals surface area contributed by atoms with E-state index in [1.807, 2.05) is 0 Å². The highest BCUT2D eigenvalue weighted by Gasteiger charge is 2.33. The Morgan fingerprint density at radius 3 is 2.23 bits per heavy atom. The molecule has 2 bridgehead atoms. The van der Waals surface area contributed by atoms with Crippen molar-refractivity contribution in [3.63, 3.8) is 0 Å². The lowest BCUT2D eigenvalue weighted by molar-refractivity contribution is 0.159. The van der Waals surface area contributed by atoms with Crippen molar-refractivity contribution < 1.29 is 8.42 Å². The minimum Gasteiger partial charge on any atom is -0.316 e. The zero-order valence-corrected chi connectivity index (χ0v) is 8.68. The first-order valence-corrected chi connectivity index (χ1v) is 6.56. The van der Waals surface area contributed by atoms with E-state index in [2.05, 4.69) is 5.32 Å². The van der Waals surface area contributed by atoms with Crippen molar-refractivity contribution in [1.82, 2.24) is 9.62 Å². The summed E-state index contributed by atoms with van der Waals surface area (Å²) in [6.45, 7) is 3.37. The van der Waals surface area contributed by atoms with Crippen LogP contribution in [0.2, 0.25) is 0 Å². The molecule has 76 valence electrons. The Hall–Kier alpha value is -0.130. The van der Waals surface area contributed by atoms with Gasteiger partial charge in [0, 0.05) is 13.1 Å². The third-order valence-corrected chi connectivity index (χ3v) is 4.16. The fourth-order valence-corrected chi connectivity index (χ4v) is 3.29. The number of sulfonamides is 1. The Bertz CT molecular complexity index is 277. The molecule has 2 rings (SSSR count). The summed E-state index contributed by atoms with van der Waals surface area (Å²) >= 11 is 0. The lowest BCUT2D eigenvalue weighted by atomic mass is 9.87. The largest absolute Gasteiger partial charge is 0.316 e. The molecule has 2 aliphatic rings. The summed E-state index contributed by atoms with van der Waals surface area (Å²) in [4.78, 5) is 0. The van der Waals surface area contributed by atoms with Crippen LogP contribution in [0.3, 0.4) is 0 Å². The molecule has 2 saturated heterocycles. The van der Waals surface area contributed by atoms with Crippen LogP contribution in [0.5, 0.6) is 0 Å². The maximum absolute atomic E-state index is 11.3. The fourth-order valence-electron chi connectivity index (χ4n) is 2.33. The van der Waals surface area contributed by atoms with E-state index in [4.69, 9.17) is 0 Å². The molecule has 0 aliphatic carbocycles. The molecule has 0 aromatic carbocycles. The van der Waals surface area contributed by atoms with Gasteiger partial charge in [-0.2, -0.15) is 0 Å². The van der Waals surface area contributed by atoms with Crippen molar-refractivity contribution >= 4 is 10.0 Å². The Morgan fingerprint density at radius 1 is 1.23 bits per heavy atom. The summed E-state index contributed by atoms with van der Waals surface area (Å²) in [6.07, 6.45) is 2.50. The minimum absolute atomic E-state index is 0.530. The van der Waals surface area contributed by atoms with Crippen LogP contribution in [-0.2, 0) is 10.0 Å². The molecule has 0 amide bonds. The Kier molecular flexibility index (Phi) is 2.33. The molecule has 0 unspecified atom stereocenters. The maximum atomic E-state index is 11.3. The molecule has 2 atom stereocenters. The van der Waals surface area contributed by atoms with E-state index in [1.165, 1.54) is 12.7 Å². The predicted molar refractivity (Wildman–Crippen MR) is 50.9 cm³/mol. The second-order valence-electron chi connectivity index (χ2n) is 4.21. The van der Waals surface area contributed by atoms with E-state index < -0.39 is 10.0 Å². The highest BCUT2D eigenvalue weighted by Crippen LogP contribution is 2.25. The van der Waals surface area contributed by atoms with E-state index in [0.717, 1.165) is 13.1 Å². The van der Waals surface area contributed by atoms with Crippen molar-refractivity contribution in [3.05, 3.63) is 0 Å². The van der Waals surface area contributed by atoms with Crippen LogP contribution in [0.4, 0.5) is 0 Å². The highest BCUT2D eigenvalue weighted by molar-refractivity contribution is 7.88. The lowest BCUT2D eigenvalue weighted by Crippen LogP contribution is -2.52. The van der Waals surface area contributed by atoms with E-state index in [1.54, 1.807) is 4.31 Å². The van der Waals surface area contributed by atoms with Gasteiger partial charge in [-0.05, 0) is 31.3 Å². The average Bonchev–Trinajstić information content (AvgIpc) is 2.01. The molecular weight excluding hydrogens is 188 g/mol. The lowest BCUT2D eigenvalue weighted by Gasteiger charge is -2.40. The maximum Gasteiger partial charge on any atom is 0.211 e. The van der Waals surface area contributed by atoms with Crippen LogP contribution >= 0.6 is 0 Å². The summed E-state index contributed by atoms with van der Waals surface area (Å²) < 4.78 is 24.3. The van der Waals surface area contributed by atoms with Gasteiger partial charge in [0.1, 0.15) is 0 Å². The smallest absolute Gasteiger partial charge is 0.211 e. The zero-order chi connectivity index (χ0) is 9.47. The SMILES string of the molecule is CS(=O)(=O)N1C[C@@H]2CNC[C@@H](C2)C1. The van der Waals surface area contributed by atoms with Gasteiger partial charge >= 0.3 is 0 Å².